The van der Waals surface area contributed by atoms with E-state index in [0.29, 0.717) is 24.3 Å². The summed E-state index contributed by atoms with van der Waals surface area (Å²) < 4.78 is 44.9. The Morgan fingerprint density at radius 1 is 1.34 bits per heavy atom. The van der Waals surface area contributed by atoms with Crippen LogP contribution in [0.4, 0.5) is 8.78 Å². The molecule has 3 aliphatic rings. The average molecular weight is 543 g/mol. The van der Waals surface area contributed by atoms with Crippen molar-refractivity contribution in [3.05, 3.63) is 82.1 Å². The van der Waals surface area contributed by atoms with Gasteiger partial charge in [0.25, 0.3) is 0 Å². The molecule has 2 aromatic carbocycles. The van der Waals surface area contributed by atoms with Crippen molar-refractivity contribution in [3.8, 4) is 5.75 Å². The Morgan fingerprint density at radius 3 is 2.82 bits per heavy atom. The molecule has 1 amide bonds. The second-order valence-electron chi connectivity index (χ2n) is 10.5. The highest BCUT2D eigenvalue weighted by Gasteiger charge is 2.49. The lowest BCUT2D eigenvalue weighted by molar-refractivity contribution is -0.124. The number of fused-ring (bicyclic) bond motifs is 2. The Morgan fingerprint density at radius 2 is 2.11 bits per heavy atom. The Kier molecular flexibility index (Phi) is 6.40. The van der Waals surface area contributed by atoms with Crippen LogP contribution < -0.4 is 15.8 Å². The van der Waals surface area contributed by atoms with E-state index >= 15 is 8.78 Å². The monoisotopic (exact) mass is 542 g/mol. The van der Waals surface area contributed by atoms with Crippen molar-refractivity contribution in [1.29, 1.82) is 0 Å². The summed E-state index contributed by atoms with van der Waals surface area (Å²) in [4.78, 5) is 16.7. The van der Waals surface area contributed by atoms with E-state index in [1.54, 1.807) is 17.9 Å². The smallest absolute Gasteiger partial charge is 0.223 e. The van der Waals surface area contributed by atoms with Gasteiger partial charge in [-0.05, 0) is 24.0 Å². The normalized spacial score (nSPS) is 29.7. The fraction of sp³-hybridized carbons (Fsp3) is 0.429. The first-order chi connectivity index (χ1) is 18.3. The summed E-state index contributed by atoms with van der Waals surface area (Å²) in [6, 6.07) is 11.2. The van der Waals surface area contributed by atoms with Gasteiger partial charge in [0.15, 0.2) is 11.8 Å². The second-order valence-corrected chi connectivity index (χ2v) is 10.9. The maximum absolute atomic E-state index is 16.1. The quantitative estimate of drug-likeness (QED) is 0.467. The van der Waals surface area contributed by atoms with Gasteiger partial charge in [-0.2, -0.15) is 0 Å². The third kappa shape index (κ3) is 4.08. The number of nitrogens with zero attached hydrogens (tertiary/aromatic N) is 2. The molecule has 38 heavy (non-hydrogen) atoms. The lowest BCUT2D eigenvalue weighted by Gasteiger charge is -2.38. The highest BCUT2D eigenvalue weighted by atomic mass is 35.5. The molecule has 4 atom stereocenters. The van der Waals surface area contributed by atoms with Crippen molar-refractivity contribution < 1.29 is 23.0 Å². The molecular formula is C28H29ClF2N4O3. The number of rotatable bonds is 7. The number of hydrogen-bond donors (Lipinski definition) is 2. The molecule has 200 valence electrons. The van der Waals surface area contributed by atoms with Gasteiger partial charge in [-0.15, -0.1) is 0 Å². The van der Waals surface area contributed by atoms with Gasteiger partial charge in [0, 0.05) is 62.6 Å². The minimum atomic E-state index is -1.70. The van der Waals surface area contributed by atoms with Crippen molar-refractivity contribution in [3.63, 3.8) is 0 Å². The first-order valence-electron chi connectivity index (χ1n) is 12.8. The maximum Gasteiger partial charge on any atom is 0.223 e. The predicted octanol–water partition coefficient (Wildman–Crippen LogP) is 4.18. The predicted molar refractivity (Wildman–Crippen MR) is 137 cm³/mol. The van der Waals surface area contributed by atoms with Gasteiger partial charge < -0.3 is 25.1 Å². The molecule has 0 saturated heterocycles. The zero-order valence-electron chi connectivity index (χ0n) is 20.9. The van der Waals surface area contributed by atoms with E-state index < -0.39 is 35.3 Å². The number of amides is 1. The number of hydrogen-bond acceptors (Lipinski definition) is 5. The standard InChI is InChI=1S/C28H29ClF2N4O3/c1-37-17-9-16(10-17)34-14-28(15-5-3-2-4-6-15)12-18-21(38-28)11-20(30)24(29)22(18)23-19(26(32)36)13-35-8-7-33-27(35)25(23)31/h2-8,11,16-17,19,23,25,34H,9-10,12-14H2,1H3,(H2,32,36)/t16?,17?,19?,23?,25?,28-/m1/s1. The molecule has 1 aliphatic carbocycles. The number of ether oxygens (including phenoxy) is 2. The fourth-order valence-electron chi connectivity index (χ4n) is 6.18. The summed E-state index contributed by atoms with van der Waals surface area (Å²) >= 11 is 6.57. The van der Waals surface area contributed by atoms with Gasteiger partial charge in [-0.1, -0.05) is 41.9 Å². The molecule has 1 aromatic heterocycles. The van der Waals surface area contributed by atoms with Crippen molar-refractivity contribution in [2.24, 2.45) is 11.7 Å². The van der Waals surface area contributed by atoms with Crippen LogP contribution in [0.3, 0.4) is 0 Å². The van der Waals surface area contributed by atoms with Crippen LogP contribution in [-0.2, 0) is 28.1 Å². The summed E-state index contributed by atoms with van der Waals surface area (Å²) in [7, 11) is 1.71. The van der Waals surface area contributed by atoms with Crippen molar-refractivity contribution in [2.45, 2.75) is 55.6 Å². The summed E-state index contributed by atoms with van der Waals surface area (Å²) in [6.45, 7) is 0.574. The third-order valence-corrected chi connectivity index (χ3v) is 8.72. The van der Waals surface area contributed by atoms with E-state index in [9.17, 15) is 4.79 Å². The Labute approximate surface area is 224 Å². The second kappa shape index (κ2) is 9.63. The fourth-order valence-corrected chi connectivity index (χ4v) is 6.47. The van der Waals surface area contributed by atoms with Gasteiger partial charge in [0.2, 0.25) is 5.91 Å². The number of methoxy groups -OCH3 is 1. The first-order valence-corrected chi connectivity index (χ1v) is 13.1. The number of aromatic nitrogens is 2. The summed E-state index contributed by atoms with van der Waals surface area (Å²) in [6.07, 6.45) is 3.70. The van der Waals surface area contributed by atoms with E-state index in [2.05, 4.69) is 10.3 Å². The van der Waals surface area contributed by atoms with Crippen LogP contribution in [-0.4, -0.2) is 41.3 Å². The van der Waals surface area contributed by atoms with Crippen LogP contribution in [0.15, 0.2) is 48.8 Å². The molecule has 7 nitrogen and oxygen atoms in total. The molecule has 2 aliphatic heterocycles. The van der Waals surface area contributed by atoms with E-state index in [0.717, 1.165) is 18.4 Å². The zero-order valence-corrected chi connectivity index (χ0v) is 21.6. The number of carbonyl (C=O) groups excluding carboxylic acids is 1. The third-order valence-electron chi connectivity index (χ3n) is 8.33. The van der Waals surface area contributed by atoms with Crippen molar-refractivity contribution in [1.82, 2.24) is 14.9 Å². The molecule has 3 aromatic rings. The van der Waals surface area contributed by atoms with Crippen LogP contribution in [0.1, 0.15) is 47.4 Å². The zero-order chi connectivity index (χ0) is 26.6. The number of alkyl halides is 1. The SMILES string of the molecule is COC1CC(NC[C@@]2(c3ccccc3)Cc3c(cc(F)c(Cl)c3C3C(C(N)=O)Cn4ccnc4C3F)O2)C1. The number of carbonyl (C=O) groups is 1. The highest BCUT2D eigenvalue weighted by molar-refractivity contribution is 6.31. The molecule has 1 fully saturated rings. The molecule has 0 spiro atoms. The molecule has 3 unspecified atom stereocenters. The number of primary amides is 1. The Bertz CT molecular complexity index is 1360. The molecular weight excluding hydrogens is 514 g/mol. The molecule has 6 rings (SSSR count). The van der Waals surface area contributed by atoms with Crippen LogP contribution in [0.5, 0.6) is 5.75 Å². The van der Waals surface area contributed by atoms with Gasteiger partial charge in [-0.25, -0.2) is 13.8 Å². The molecule has 0 bridgehead atoms. The van der Waals surface area contributed by atoms with Gasteiger partial charge in [0.1, 0.15) is 17.4 Å². The van der Waals surface area contributed by atoms with E-state index in [-0.39, 0.29) is 35.1 Å². The molecule has 0 radical (unpaired) electrons. The van der Waals surface area contributed by atoms with Gasteiger partial charge >= 0.3 is 0 Å². The molecule has 3 N–H and O–H groups in total. The number of imidazole rings is 1. The summed E-state index contributed by atoms with van der Waals surface area (Å²) in [5.74, 6) is -3.01. The van der Waals surface area contributed by atoms with Crippen LogP contribution in [0.2, 0.25) is 5.02 Å². The van der Waals surface area contributed by atoms with Crippen LogP contribution >= 0.6 is 11.6 Å². The number of nitrogens with two attached hydrogens (primary N) is 1. The lowest BCUT2D eigenvalue weighted by atomic mass is 9.75. The highest BCUT2D eigenvalue weighted by Crippen LogP contribution is 2.53. The van der Waals surface area contributed by atoms with Gasteiger partial charge in [-0.3, -0.25) is 4.79 Å². The average Bonchev–Trinajstić information content (AvgIpc) is 3.51. The van der Waals surface area contributed by atoms with Crippen molar-refractivity contribution >= 4 is 17.5 Å². The van der Waals surface area contributed by atoms with E-state index in [1.165, 1.54) is 12.3 Å². The molecule has 10 heteroatoms. The first kappa shape index (κ1) is 25.3. The van der Waals surface area contributed by atoms with Crippen LogP contribution in [0, 0.1) is 11.7 Å². The minimum Gasteiger partial charge on any atom is -0.480 e. The summed E-state index contributed by atoms with van der Waals surface area (Å²) in [5, 5.41) is 3.36. The van der Waals surface area contributed by atoms with E-state index in [1.807, 2.05) is 30.3 Å². The van der Waals surface area contributed by atoms with Crippen LogP contribution in [0.25, 0.3) is 0 Å². The molecule has 1 saturated carbocycles. The number of benzene rings is 2. The largest absolute Gasteiger partial charge is 0.480 e. The van der Waals surface area contributed by atoms with Gasteiger partial charge in [0.05, 0.1) is 17.0 Å². The molecule has 3 heterocycles. The topological polar surface area (TPSA) is 91.4 Å². The Hall–Kier alpha value is -3.01. The number of halogens is 3. The number of nitrogens with one attached hydrogen (secondary N) is 1. The Balaban J connectivity index is 1.42. The lowest BCUT2D eigenvalue weighted by Crippen LogP contribution is -2.51. The van der Waals surface area contributed by atoms with E-state index in [4.69, 9.17) is 26.8 Å². The van der Waals surface area contributed by atoms with Crippen molar-refractivity contribution in [2.75, 3.05) is 13.7 Å². The summed E-state index contributed by atoms with van der Waals surface area (Å²) in [5.41, 5.74) is 6.59. The maximum atomic E-state index is 16.1. The minimum absolute atomic E-state index is 0.131.